The number of hydrogen-bond acceptors (Lipinski definition) is 6. The Morgan fingerprint density at radius 1 is 0.958 bits per heavy atom. The number of ether oxygens (including phenoxy) is 1. The van der Waals surface area contributed by atoms with E-state index in [0.717, 1.165) is 47.3 Å². The lowest BCUT2D eigenvalue weighted by Crippen LogP contribution is -2.50. The number of piperidine rings is 1. The van der Waals surface area contributed by atoms with Gasteiger partial charge in [0.2, 0.25) is 17.7 Å². The molecule has 1 fully saturated rings. The van der Waals surface area contributed by atoms with Gasteiger partial charge in [-0.25, -0.2) is 0 Å². The van der Waals surface area contributed by atoms with Gasteiger partial charge in [0, 0.05) is 32.5 Å². The largest absolute Gasteiger partial charge is 0.494 e. The molecule has 0 radical (unpaired) electrons. The fourth-order valence-corrected chi connectivity index (χ4v) is 6.59. The van der Waals surface area contributed by atoms with Gasteiger partial charge in [0.1, 0.15) is 11.8 Å². The van der Waals surface area contributed by atoms with Crippen LogP contribution >= 0.6 is 0 Å². The van der Waals surface area contributed by atoms with Crippen molar-refractivity contribution < 1.29 is 23.9 Å². The number of hydrogen-bond donors (Lipinski definition) is 3. The van der Waals surface area contributed by atoms with Crippen molar-refractivity contribution >= 4 is 23.5 Å². The number of carbonyl (C=O) groups is 4. The fraction of sp³-hybridized carbons (Fsp3) is 0.436. The number of benzene rings is 3. The van der Waals surface area contributed by atoms with Crippen molar-refractivity contribution in [1.29, 1.82) is 0 Å². The Morgan fingerprint density at radius 2 is 1.69 bits per heavy atom. The molecule has 9 heteroatoms. The summed E-state index contributed by atoms with van der Waals surface area (Å²) in [5, 5.41) is 5.96. The standard InChI is InChI=1S/C39H48N4O5/c1-27-14-16-33-22-32(27)25-41-39(47)35(17-15-28-9-4-2-5-10-28)42-38(46)31(23-36(44)34(40)21-29-11-6-3-7-12-29)24-37(45)43-19-8-13-30(26-43)18-20-48-33/h2-7,9-12,14,16,22,30-31,34-35H,8,13,15,17-21,23-26,40H2,1H3,(H,41,47)(H,42,46)/t30?,31-,34-,35-/m0/s1. The highest BCUT2D eigenvalue weighted by Crippen LogP contribution is 2.24. The highest BCUT2D eigenvalue weighted by molar-refractivity contribution is 5.94. The summed E-state index contributed by atoms with van der Waals surface area (Å²) in [4.78, 5) is 56.7. The van der Waals surface area contributed by atoms with E-state index >= 15 is 0 Å². The Labute approximate surface area is 283 Å². The van der Waals surface area contributed by atoms with Gasteiger partial charge in [-0.3, -0.25) is 19.2 Å². The van der Waals surface area contributed by atoms with Gasteiger partial charge in [-0.1, -0.05) is 66.7 Å². The van der Waals surface area contributed by atoms with Crippen LogP contribution in [0.4, 0.5) is 0 Å². The normalized spacial score (nSPS) is 21.6. The van der Waals surface area contributed by atoms with Crippen LogP contribution in [0.25, 0.3) is 0 Å². The zero-order valence-electron chi connectivity index (χ0n) is 27.9. The monoisotopic (exact) mass is 652 g/mol. The van der Waals surface area contributed by atoms with Gasteiger partial charge in [0.25, 0.3) is 0 Å². The van der Waals surface area contributed by atoms with Crippen LogP contribution in [0.5, 0.6) is 5.75 Å². The van der Waals surface area contributed by atoms with Crippen LogP contribution in [0.1, 0.15) is 60.8 Å². The van der Waals surface area contributed by atoms with Crippen molar-refractivity contribution in [3.05, 3.63) is 101 Å². The van der Waals surface area contributed by atoms with Gasteiger partial charge in [0.05, 0.1) is 18.6 Å². The smallest absolute Gasteiger partial charge is 0.242 e. The summed E-state index contributed by atoms with van der Waals surface area (Å²) in [6.07, 6.45) is 3.58. The van der Waals surface area contributed by atoms with E-state index < -0.39 is 23.9 Å². The maximum absolute atomic E-state index is 14.0. The molecule has 2 aliphatic heterocycles. The molecule has 48 heavy (non-hydrogen) atoms. The first-order valence-electron chi connectivity index (χ1n) is 17.2. The summed E-state index contributed by atoms with van der Waals surface area (Å²) >= 11 is 0. The molecule has 2 heterocycles. The third-order valence-electron chi connectivity index (χ3n) is 9.59. The third kappa shape index (κ3) is 10.0. The molecular formula is C39H48N4O5. The van der Waals surface area contributed by atoms with E-state index in [9.17, 15) is 19.2 Å². The molecule has 0 spiro atoms. The van der Waals surface area contributed by atoms with E-state index in [1.54, 1.807) is 0 Å². The molecule has 3 amide bonds. The second-order valence-electron chi connectivity index (χ2n) is 13.2. The molecule has 5 rings (SSSR count). The molecule has 0 aliphatic carbocycles. The molecule has 1 unspecified atom stereocenters. The summed E-state index contributed by atoms with van der Waals surface area (Å²) in [7, 11) is 0. The molecule has 254 valence electrons. The minimum atomic E-state index is -0.958. The Morgan fingerprint density at radius 3 is 2.44 bits per heavy atom. The van der Waals surface area contributed by atoms with E-state index in [0.29, 0.717) is 39.0 Å². The average molecular weight is 653 g/mol. The Kier molecular flexibility index (Phi) is 12.4. The zero-order chi connectivity index (χ0) is 33.9. The summed E-state index contributed by atoms with van der Waals surface area (Å²) in [6, 6.07) is 23.4. The predicted octanol–water partition coefficient (Wildman–Crippen LogP) is 4.29. The van der Waals surface area contributed by atoms with Gasteiger partial charge < -0.3 is 26.0 Å². The predicted molar refractivity (Wildman–Crippen MR) is 185 cm³/mol. The number of fused-ring (bicyclic) bond motifs is 4. The molecular weight excluding hydrogens is 604 g/mol. The average Bonchev–Trinajstić information content (AvgIpc) is 3.10. The maximum Gasteiger partial charge on any atom is 0.242 e. The first-order chi connectivity index (χ1) is 23.2. The lowest BCUT2D eigenvalue weighted by Gasteiger charge is -2.34. The van der Waals surface area contributed by atoms with Crippen molar-refractivity contribution in [1.82, 2.24) is 15.5 Å². The highest BCUT2D eigenvalue weighted by Gasteiger charge is 2.33. The lowest BCUT2D eigenvalue weighted by atomic mass is 9.90. The van der Waals surface area contributed by atoms with Gasteiger partial charge in [-0.05, 0) is 85.8 Å². The van der Waals surface area contributed by atoms with Crippen LogP contribution in [0, 0.1) is 18.8 Å². The van der Waals surface area contributed by atoms with E-state index in [1.807, 2.05) is 90.7 Å². The maximum atomic E-state index is 14.0. The minimum absolute atomic E-state index is 0.129. The number of aryl methyl sites for hydroxylation is 2. The number of nitrogens with zero attached hydrogens (tertiary/aromatic N) is 1. The van der Waals surface area contributed by atoms with Gasteiger partial charge in [-0.15, -0.1) is 0 Å². The van der Waals surface area contributed by atoms with E-state index in [4.69, 9.17) is 10.5 Å². The summed E-state index contributed by atoms with van der Waals surface area (Å²) < 4.78 is 6.12. The number of nitrogens with one attached hydrogen (secondary N) is 2. The number of ketones is 1. The van der Waals surface area contributed by atoms with Crippen LogP contribution in [0.15, 0.2) is 78.9 Å². The highest BCUT2D eigenvalue weighted by atomic mass is 16.5. The summed E-state index contributed by atoms with van der Waals surface area (Å²) in [5.74, 6) is -1.22. The van der Waals surface area contributed by atoms with E-state index in [-0.39, 0.29) is 42.9 Å². The first-order valence-corrected chi connectivity index (χ1v) is 17.2. The number of nitrogens with two attached hydrogens (primary N) is 1. The second kappa shape index (κ2) is 17.1. The number of Topliss-reactive ketones (excluding diaryl/α,β-unsaturated/α-hetero) is 1. The van der Waals surface area contributed by atoms with Crippen molar-refractivity contribution in [3.8, 4) is 5.75 Å². The molecule has 0 aromatic heterocycles. The van der Waals surface area contributed by atoms with Crippen molar-refractivity contribution in [2.45, 2.75) is 76.9 Å². The molecule has 1 saturated heterocycles. The lowest BCUT2D eigenvalue weighted by molar-refractivity contribution is -0.139. The second-order valence-corrected chi connectivity index (χ2v) is 13.2. The minimum Gasteiger partial charge on any atom is -0.494 e. The molecule has 0 saturated carbocycles. The molecule has 4 bridgehead atoms. The van der Waals surface area contributed by atoms with Crippen LogP contribution < -0.4 is 21.1 Å². The van der Waals surface area contributed by atoms with Crippen LogP contribution in [-0.4, -0.2) is 60.2 Å². The topological polar surface area (TPSA) is 131 Å². The van der Waals surface area contributed by atoms with Gasteiger partial charge in [-0.2, -0.15) is 0 Å². The van der Waals surface area contributed by atoms with Gasteiger partial charge >= 0.3 is 0 Å². The SMILES string of the molecule is Cc1ccc2cc1CNC(=O)[C@H](CCc1ccccc1)NC(=O)[C@@H](CC(=O)[C@@H](N)Cc1ccccc1)CC(=O)N1CCCC(CCO2)C1. The quantitative estimate of drug-likeness (QED) is 0.333. The van der Waals surface area contributed by atoms with E-state index in [1.165, 1.54) is 0 Å². The number of amides is 3. The molecule has 3 aromatic rings. The fourth-order valence-electron chi connectivity index (χ4n) is 6.59. The van der Waals surface area contributed by atoms with Gasteiger partial charge in [0.15, 0.2) is 5.78 Å². The van der Waals surface area contributed by atoms with Crippen LogP contribution in [0.2, 0.25) is 0 Å². The molecule has 2 aliphatic rings. The summed E-state index contributed by atoms with van der Waals surface area (Å²) in [6.45, 7) is 3.96. The Hall–Kier alpha value is -4.50. The van der Waals surface area contributed by atoms with Crippen molar-refractivity contribution in [3.63, 3.8) is 0 Å². The molecule has 4 atom stereocenters. The molecule has 9 nitrogen and oxygen atoms in total. The summed E-state index contributed by atoms with van der Waals surface area (Å²) in [5.41, 5.74) is 10.3. The third-order valence-corrected chi connectivity index (χ3v) is 9.59. The number of carbonyl (C=O) groups excluding carboxylic acids is 4. The zero-order valence-corrected chi connectivity index (χ0v) is 27.9. The molecule has 4 N–H and O–H groups in total. The van der Waals surface area contributed by atoms with E-state index in [2.05, 4.69) is 10.6 Å². The Bertz CT molecular complexity index is 1550. The van der Waals surface area contributed by atoms with Crippen molar-refractivity contribution in [2.75, 3.05) is 19.7 Å². The molecule has 3 aromatic carbocycles. The van der Waals surface area contributed by atoms with Crippen LogP contribution in [-0.2, 0) is 38.6 Å². The Balaban J connectivity index is 1.39. The van der Waals surface area contributed by atoms with Crippen molar-refractivity contribution in [2.24, 2.45) is 17.6 Å². The number of rotatable bonds is 8. The van der Waals surface area contributed by atoms with Crippen LogP contribution in [0.3, 0.4) is 0 Å². The first kappa shape index (κ1) is 34.8.